The van der Waals surface area contributed by atoms with E-state index in [4.69, 9.17) is 4.74 Å². The Balaban J connectivity index is 1.54. The summed E-state index contributed by atoms with van der Waals surface area (Å²) in [5.41, 5.74) is 5.68. The third-order valence-corrected chi connectivity index (χ3v) is 7.96. The molecule has 2 aromatic carbocycles. The van der Waals surface area contributed by atoms with Gasteiger partial charge in [0.1, 0.15) is 17.3 Å². The van der Waals surface area contributed by atoms with Crippen LogP contribution in [0.15, 0.2) is 18.3 Å². The molecule has 4 aromatic rings. The standard InChI is InChI=1S/C27H27F2N5O/c1-13-32-33-26-27(2,3)31-24-17-6-4-5-16(17)21(22(29)25(24)34(13)26)19-10-15(28)9-18-20(11-30-23(18)19)14-7-8-35-12-14/h9-11,14,30-31H,4-8,12H2,1-3H3. The van der Waals surface area contributed by atoms with Crippen molar-refractivity contribution in [1.82, 2.24) is 19.7 Å². The van der Waals surface area contributed by atoms with Gasteiger partial charge in [0.25, 0.3) is 0 Å². The van der Waals surface area contributed by atoms with Gasteiger partial charge in [-0.1, -0.05) is 0 Å². The number of hydrogen-bond acceptors (Lipinski definition) is 4. The molecular formula is C27H27F2N5O. The zero-order chi connectivity index (χ0) is 24.1. The molecule has 1 fully saturated rings. The van der Waals surface area contributed by atoms with E-state index in [2.05, 4.69) is 20.5 Å². The van der Waals surface area contributed by atoms with Gasteiger partial charge >= 0.3 is 0 Å². The second-order valence-corrected chi connectivity index (χ2v) is 10.6. The van der Waals surface area contributed by atoms with Gasteiger partial charge in [0.05, 0.1) is 23.3 Å². The van der Waals surface area contributed by atoms with Gasteiger partial charge in [-0.2, -0.15) is 0 Å². The Morgan fingerprint density at radius 2 is 1.97 bits per heavy atom. The third kappa shape index (κ3) is 2.83. The van der Waals surface area contributed by atoms with Gasteiger partial charge in [-0.15, -0.1) is 10.2 Å². The normalized spacial score (nSPS) is 20.1. The number of hydrogen-bond donors (Lipinski definition) is 2. The molecule has 0 amide bonds. The van der Waals surface area contributed by atoms with Gasteiger partial charge in [0, 0.05) is 35.2 Å². The van der Waals surface area contributed by atoms with Crippen molar-refractivity contribution in [3.8, 4) is 16.8 Å². The zero-order valence-electron chi connectivity index (χ0n) is 20.1. The first-order valence-corrected chi connectivity index (χ1v) is 12.3. The zero-order valence-corrected chi connectivity index (χ0v) is 20.1. The number of aryl methyl sites for hydroxylation is 1. The highest BCUT2D eigenvalue weighted by molar-refractivity contribution is 5.99. The number of H-pyrrole nitrogens is 1. The summed E-state index contributed by atoms with van der Waals surface area (Å²) < 4.78 is 39.3. The summed E-state index contributed by atoms with van der Waals surface area (Å²) in [6, 6.07) is 3.03. The van der Waals surface area contributed by atoms with E-state index in [1.807, 2.05) is 31.5 Å². The number of halogens is 2. The lowest BCUT2D eigenvalue weighted by molar-refractivity contribution is 0.194. The highest BCUT2D eigenvalue weighted by atomic mass is 19.1. The fourth-order valence-electron chi connectivity index (χ4n) is 6.36. The minimum Gasteiger partial charge on any atom is -0.381 e. The maximum absolute atomic E-state index is 16.8. The molecule has 2 N–H and O–H groups in total. The maximum Gasteiger partial charge on any atom is 0.162 e. The number of aromatic amines is 1. The molecule has 1 aliphatic carbocycles. The van der Waals surface area contributed by atoms with Crippen LogP contribution >= 0.6 is 0 Å². The summed E-state index contributed by atoms with van der Waals surface area (Å²) in [6.07, 6.45) is 5.38. The number of benzene rings is 2. The van der Waals surface area contributed by atoms with Crippen LogP contribution < -0.4 is 5.32 Å². The van der Waals surface area contributed by atoms with Crippen LogP contribution in [0, 0.1) is 18.6 Å². The maximum atomic E-state index is 16.8. The molecule has 0 saturated carbocycles. The van der Waals surface area contributed by atoms with Crippen molar-refractivity contribution in [3.05, 3.63) is 58.3 Å². The average molecular weight is 476 g/mol. The van der Waals surface area contributed by atoms with Crippen molar-refractivity contribution in [3.63, 3.8) is 0 Å². The first-order valence-electron chi connectivity index (χ1n) is 12.3. The summed E-state index contributed by atoms with van der Waals surface area (Å²) in [7, 11) is 0. The van der Waals surface area contributed by atoms with Gasteiger partial charge in [0.2, 0.25) is 0 Å². The molecule has 2 aliphatic heterocycles. The van der Waals surface area contributed by atoms with E-state index in [0.717, 1.165) is 59.0 Å². The van der Waals surface area contributed by atoms with Crippen molar-refractivity contribution >= 4 is 16.6 Å². The summed E-state index contributed by atoms with van der Waals surface area (Å²) in [4.78, 5) is 3.36. The number of fused-ring (bicyclic) bond motifs is 6. The summed E-state index contributed by atoms with van der Waals surface area (Å²) >= 11 is 0. The number of nitrogens with zero attached hydrogens (tertiary/aromatic N) is 3. The second-order valence-electron chi connectivity index (χ2n) is 10.6. The van der Waals surface area contributed by atoms with Crippen LogP contribution in [0.4, 0.5) is 14.5 Å². The van der Waals surface area contributed by atoms with E-state index in [-0.39, 0.29) is 17.6 Å². The molecule has 180 valence electrons. The van der Waals surface area contributed by atoms with Crippen LogP contribution in [-0.4, -0.2) is 33.0 Å². The minimum atomic E-state index is -0.498. The van der Waals surface area contributed by atoms with Gasteiger partial charge < -0.3 is 15.0 Å². The van der Waals surface area contributed by atoms with Crippen molar-refractivity contribution in [2.45, 2.75) is 57.9 Å². The fraction of sp³-hybridized carbons (Fsp3) is 0.407. The van der Waals surface area contributed by atoms with E-state index in [0.29, 0.717) is 41.7 Å². The predicted octanol–water partition coefficient (Wildman–Crippen LogP) is 5.66. The molecule has 1 unspecified atom stereocenters. The third-order valence-electron chi connectivity index (χ3n) is 7.96. The number of rotatable bonds is 2. The Hall–Kier alpha value is -3.26. The summed E-state index contributed by atoms with van der Waals surface area (Å²) in [5, 5.41) is 13.0. The Morgan fingerprint density at radius 3 is 2.77 bits per heavy atom. The fourth-order valence-corrected chi connectivity index (χ4v) is 6.36. The molecule has 0 bridgehead atoms. The van der Waals surface area contributed by atoms with E-state index in [1.54, 1.807) is 6.07 Å². The Labute approximate surface area is 201 Å². The Bertz CT molecular complexity index is 1530. The first kappa shape index (κ1) is 21.1. The van der Waals surface area contributed by atoms with Gasteiger partial charge in [-0.25, -0.2) is 8.78 Å². The lowest BCUT2D eigenvalue weighted by Gasteiger charge is -2.36. The summed E-state index contributed by atoms with van der Waals surface area (Å²) in [6.45, 7) is 7.24. The molecule has 6 nitrogen and oxygen atoms in total. The quantitative estimate of drug-likeness (QED) is 0.393. The average Bonchev–Trinajstić information content (AvgIpc) is 3.60. The molecule has 35 heavy (non-hydrogen) atoms. The number of anilines is 1. The molecule has 2 aromatic heterocycles. The topological polar surface area (TPSA) is 67.8 Å². The lowest BCUT2D eigenvalue weighted by Crippen LogP contribution is -2.37. The number of ether oxygens (including phenoxy) is 1. The Kier molecular flexibility index (Phi) is 4.29. The largest absolute Gasteiger partial charge is 0.381 e. The van der Waals surface area contributed by atoms with E-state index < -0.39 is 5.54 Å². The number of nitrogens with one attached hydrogen (secondary N) is 2. The van der Waals surface area contributed by atoms with Crippen molar-refractivity contribution in [2.24, 2.45) is 0 Å². The predicted molar refractivity (Wildman–Crippen MR) is 130 cm³/mol. The SMILES string of the molecule is Cc1nnc2n1-c1c(F)c(-c3cc(F)cc4c(C5CCOC5)c[nH]c34)c3c(c1NC2(C)C)CCC3. The minimum absolute atomic E-state index is 0.214. The van der Waals surface area contributed by atoms with Gasteiger partial charge in [-0.3, -0.25) is 4.57 Å². The summed E-state index contributed by atoms with van der Waals surface area (Å²) in [5.74, 6) is 0.784. The molecule has 4 heterocycles. The monoisotopic (exact) mass is 475 g/mol. The van der Waals surface area contributed by atoms with Crippen LogP contribution in [0.2, 0.25) is 0 Å². The highest BCUT2D eigenvalue weighted by Gasteiger charge is 2.40. The van der Waals surface area contributed by atoms with Crippen LogP contribution in [0.5, 0.6) is 0 Å². The lowest BCUT2D eigenvalue weighted by atomic mass is 9.89. The molecule has 7 rings (SSSR count). The van der Waals surface area contributed by atoms with E-state index in [9.17, 15) is 0 Å². The first-order chi connectivity index (χ1) is 16.8. The van der Waals surface area contributed by atoms with Crippen LogP contribution in [0.25, 0.3) is 27.7 Å². The molecule has 8 heteroatoms. The molecular weight excluding hydrogens is 448 g/mol. The van der Waals surface area contributed by atoms with Crippen LogP contribution in [0.3, 0.4) is 0 Å². The van der Waals surface area contributed by atoms with E-state index >= 15 is 8.78 Å². The smallest absolute Gasteiger partial charge is 0.162 e. The van der Waals surface area contributed by atoms with Crippen molar-refractivity contribution in [2.75, 3.05) is 18.5 Å². The van der Waals surface area contributed by atoms with Gasteiger partial charge in [-0.05, 0) is 75.3 Å². The van der Waals surface area contributed by atoms with Crippen LogP contribution in [0.1, 0.15) is 60.9 Å². The second kappa shape index (κ2) is 7.13. The molecule has 3 aliphatic rings. The highest BCUT2D eigenvalue weighted by Crippen LogP contribution is 2.49. The molecule has 0 radical (unpaired) electrons. The molecule has 0 spiro atoms. The van der Waals surface area contributed by atoms with Crippen molar-refractivity contribution < 1.29 is 13.5 Å². The molecule has 1 atom stereocenters. The van der Waals surface area contributed by atoms with E-state index in [1.165, 1.54) is 6.07 Å². The molecule has 1 saturated heterocycles. The number of aromatic nitrogens is 4. The van der Waals surface area contributed by atoms with Crippen LogP contribution in [-0.2, 0) is 23.1 Å². The Morgan fingerprint density at radius 1 is 1.14 bits per heavy atom. The van der Waals surface area contributed by atoms with Gasteiger partial charge in [0.15, 0.2) is 11.6 Å². The van der Waals surface area contributed by atoms with Crippen molar-refractivity contribution in [1.29, 1.82) is 0 Å².